The van der Waals surface area contributed by atoms with Crippen LogP contribution in [0, 0.1) is 11.8 Å². The molecule has 1 aliphatic heterocycles. The lowest BCUT2D eigenvalue weighted by Gasteiger charge is -2.29. The Bertz CT molecular complexity index is 1190. The van der Waals surface area contributed by atoms with E-state index in [4.69, 9.17) is 14.2 Å². The number of aliphatic hydroxyl groups is 1. The number of aromatic nitrogens is 2. The molecule has 0 spiro atoms. The van der Waals surface area contributed by atoms with E-state index in [1.807, 2.05) is 37.3 Å². The average Bonchev–Trinajstić information content (AvgIpc) is 2.89. The minimum Gasteiger partial charge on any atom is -0.486 e. The second-order valence-corrected chi connectivity index (χ2v) is 9.17. The fourth-order valence-corrected chi connectivity index (χ4v) is 4.99. The summed E-state index contributed by atoms with van der Waals surface area (Å²) in [5, 5.41) is 14.1. The molecule has 184 valence electrons. The number of amides is 1. The van der Waals surface area contributed by atoms with Crippen molar-refractivity contribution in [2.75, 3.05) is 25.1 Å². The van der Waals surface area contributed by atoms with E-state index >= 15 is 0 Å². The number of carbonyl (C=O) groups is 1. The maximum Gasteiger partial charge on any atom is 0.227 e. The zero-order chi connectivity index (χ0) is 24.2. The van der Waals surface area contributed by atoms with Crippen LogP contribution >= 0.6 is 0 Å². The van der Waals surface area contributed by atoms with Crippen LogP contribution in [0.5, 0.6) is 17.4 Å². The topological polar surface area (TPSA) is 103 Å². The zero-order valence-corrected chi connectivity index (χ0v) is 19.9. The summed E-state index contributed by atoms with van der Waals surface area (Å²) < 4.78 is 16.7. The van der Waals surface area contributed by atoms with E-state index in [0.717, 1.165) is 42.5 Å². The Balaban J connectivity index is 1.17. The van der Waals surface area contributed by atoms with E-state index in [1.165, 1.54) is 0 Å². The maximum atomic E-state index is 12.9. The number of pyridine rings is 2. The Labute approximate surface area is 204 Å². The third-order valence-corrected chi connectivity index (χ3v) is 6.82. The molecule has 1 fully saturated rings. The van der Waals surface area contributed by atoms with Crippen LogP contribution in [0.1, 0.15) is 50.7 Å². The normalized spacial score (nSPS) is 20.3. The zero-order valence-electron chi connectivity index (χ0n) is 19.9. The second-order valence-electron chi connectivity index (χ2n) is 9.17. The molecule has 0 radical (unpaired) electrons. The number of benzene rings is 1. The number of rotatable bonds is 7. The van der Waals surface area contributed by atoms with Gasteiger partial charge in [-0.05, 0) is 69.2 Å². The van der Waals surface area contributed by atoms with E-state index in [0.29, 0.717) is 55.1 Å². The van der Waals surface area contributed by atoms with Gasteiger partial charge in [0.15, 0.2) is 11.5 Å². The molecule has 0 bridgehead atoms. The number of aliphatic hydroxyl groups excluding tert-OH is 1. The van der Waals surface area contributed by atoms with Crippen LogP contribution < -0.4 is 19.5 Å². The summed E-state index contributed by atoms with van der Waals surface area (Å²) >= 11 is 0. The van der Waals surface area contributed by atoms with Crippen LogP contribution in [0.25, 0.3) is 11.0 Å². The van der Waals surface area contributed by atoms with Gasteiger partial charge >= 0.3 is 0 Å². The van der Waals surface area contributed by atoms with E-state index in [2.05, 4.69) is 15.3 Å². The van der Waals surface area contributed by atoms with E-state index in [9.17, 15) is 9.90 Å². The van der Waals surface area contributed by atoms with Gasteiger partial charge < -0.3 is 24.6 Å². The summed E-state index contributed by atoms with van der Waals surface area (Å²) in [6.07, 6.45) is 5.11. The minimum absolute atomic E-state index is 0.0335. The van der Waals surface area contributed by atoms with Gasteiger partial charge in [0.1, 0.15) is 13.2 Å². The van der Waals surface area contributed by atoms with Crippen molar-refractivity contribution in [1.29, 1.82) is 0 Å². The third-order valence-electron chi connectivity index (χ3n) is 6.82. The molecule has 1 atom stereocenters. The van der Waals surface area contributed by atoms with Crippen molar-refractivity contribution in [3.8, 4) is 17.4 Å². The quantitative estimate of drug-likeness (QED) is 0.510. The molecule has 2 aliphatic rings. The lowest BCUT2D eigenvalue weighted by molar-refractivity contribution is -0.121. The molecule has 3 aromatic rings. The summed E-state index contributed by atoms with van der Waals surface area (Å²) in [7, 11) is 0. The number of fused-ring (bicyclic) bond motifs is 2. The smallest absolute Gasteiger partial charge is 0.227 e. The van der Waals surface area contributed by atoms with Crippen molar-refractivity contribution in [2.45, 2.75) is 45.1 Å². The predicted octanol–water partition coefficient (Wildman–Crippen LogP) is 4.67. The molecule has 1 aliphatic carbocycles. The van der Waals surface area contributed by atoms with Crippen molar-refractivity contribution in [2.24, 2.45) is 11.8 Å². The van der Waals surface area contributed by atoms with E-state index < -0.39 is 6.10 Å². The summed E-state index contributed by atoms with van der Waals surface area (Å²) in [4.78, 5) is 21.8. The van der Waals surface area contributed by atoms with Gasteiger partial charge in [0.05, 0.1) is 23.7 Å². The molecular formula is C27H31N3O5. The number of nitrogens with zero attached hydrogens (tertiary/aromatic N) is 2. The van der Waals surface area contributed by atoms with Gasteiger partial charge in [-0.2, -0.15) is 0 Å². The lowest BCUT2D eigenvalue weighted by atomic mass is 9.78. The molecule has 1 unspecified atom stereocenters. The van der Waals surface area contributed by atoms with Crippen molar-refractivity contribution in [1.82, 2.24) is 9.97 Å². The number of nitrogens with one attached hydrogen (secondary N) is 1. The van der Waals surface area contributed by atoms with Crippen LogP contribution in [0.2, 0.25) is 0 Å². The predicted molar refractivity (Wildman–Crippen MR) is 132 cm³/mol. The molecule has 2 aromatic heterocycles. The van der Waals surface area contributed by atoms with Gasteiger partial charge in [-0.25, -0.2) is 4.98 Å². The van der Waals surface area contributed by atoms with Crippen LogP contribution in [0.4, 0.5) is 5.69 Å². The second kappa shape index (κ2) is 10.5. The number of carbonyl (C=O) groups excluding carboxylic acids is 1. The fourth-order valence-electron chi connectivity index (χ4n) is 4.99. The Morgan fingerprint density at radius 2 is 1.91 bits per heavy atom. The Morgan fingerprint density at radius 3 is 2.71 bits per heavy atom. The van der Waals surface area contributed by atoms with Crippen LogP contribution in [0.3, 0.4) is 0 Å². The SMILES string of the molecule is CCOc1ccc2nccc(C(O)CC3CCC(C(=O)Nc4ccc5c(c4)OCCO5)CC3)c2n1. The first-order valence-corrected chi connectivity index (χ1v) is 12.4. The Hall–Kier alpha value is -3.39. The number of anilines is 1. The monoisotopic (exact) mass is 477 g/mol. The average molecular weight is 478 g/mol. The molecule has 5 rings (SSSR count). The molecule has 2 N–H and O–H groups in total. The first-order valence-electron chi connectivity index (χ1n) is 12.4. The summed E-state index contributed by atoms with van der Waals surface area (Å²) in [6.45, 7) is 3.50. The molecule has 3 heterocycles. The number of ether oxygens (including phenoxy) is 3. The van der Waals surface area contributed by atoms with Crippen LogP contribution in [-0.4, -0.2) is 40.8 Å². The Morgan fingerprint density at radius 1 is 1.11 bits per heavy atom. The van der Waals surface area contributed by atoms with E-state index in [-0.39, 0.29) is 11.8 Å². The van der Waals surface area contributed by atoms with Crippen molar-refractivity contribution < 1.29 is 24.1 Å². The molecule has 8 nitrogen and oxygen atoms in total. The van der Waals surface area contributed by atoms with Gasteiger partial charge in [-0.1, -0.05) is 0 Å². The molecule has 1 amide bonds. The molecular weight excluding hydrogens is 446 g/mol. The number of hydrogen-bond acceptors (Lipinski definition) is 7. The molecule has 35 heavy (non-hydrogen) atoms. The van der Waals surface area contributed by atoms with Crippen molar-refractivity contribution in [3.63, 3.8) is 0 Å². The number of hydrogen-bond donors (Lipinski definition) is 2. The summed E-state index contributed by atoms with van der Waals surface area (Å²) in [6, 6.07) is 11.0. The Kier molecular flexibility index (Phi) is 6.99. The van der Waals surface area contributed by atoms with Gasteiger partial charge in [0, 0.05) is 35.5 Å². The standard InChI is InChI=1S/C27H31N3O5/c1-2-33-25-10-8-21-26(30-25)20(11-12-28-21)22(31)15-17-3-5-18(6-4-17)27(32)29-19-7-9-23-24(16-19)35-14-13-34-23/h7-12,16-18,22,31H,2-6,13-15H2,1H3,(H,29,32). The first-order chi connectivity index (χ1) is 17.1. The maximum absolute atomic E-state index is 12.9. The largest absolute Gasteiger partial charge is 0.486 e. The molecule has 1 saturated carbocycles. The lowest BCUT2D eigenvalue weighted by Crippen LogP contribution is -2.27. The molecule has 0 saturated heterocycles. The van der Waals surface area contributed by atoms with Gasteiger partial charge in [0.2, 0.25) is 11.8 Å². The highest BCUT2D eigenvalue weighted by Crippen LogP contribution is 2.37. The van der Waals surface area contributed by atoms with Crippen molar-refractivity contribution in [3.05, 3.63) is 48.2 Å². The summed E-state index contributed by atoms with van der Waals surface area (Å²) in [5.41, 5.74) is 2.92. The van der Waals surface area contributed by atoms with Gasteiger partial charge in [-0.15, -0.1) is 0 Å². The minimum atomic E-state index is -0.641. The summed E-state index contributed by atoms with van der Waals surface area (Å²) in [5.74, 6) is 2.26. The first kappa shape index (κ1) is 23.4. The van der Waals surface area contributed by atoms with Crippen molar-refractivity contribution >= 4 is 22.6 Å². The molecule has 1 aromatic carbocycles. The van der Waals surface area contributed by atoms with Gasteiger partial charge in [0.25, 0.3) is 0 Å². The highest BCUT2D eigenvalue weighted by Gasteiger charge is 2.28. The molecule has 8 heteroatoms. The van der Waals surface area contributed by atoms with Crippen LogP contribution in [-0.2, 0) is 4.79 Å². The fraction of sp³-hybridized carbons (Fsp3) is 0.444. The highest BCUT2D eigenvalue weighted by molar-refractivity contribution is 5.93. The van der Waals surface area contributed by atoms with Gasteiger partial charge in [-0.3, -0.25) is 9.78 Å². The van der Waals surface area contributed by atoms with Crippen LogP contribution in [0.15, 0.2) is 42.6 Å². The van der Waals surface area contributed by atoms with E-state index in [1.54, 1.807) is 12.3 Å². The highest BCUT2D eigenvalue weighted by atomic mass is 16.6. The third kappa shape index (κ3) is 5.32.